The van der Waals surface area contributed by atoms with E-state index in [0.29, 0.717) is 37.7 Å². The zero-order chi connectivity index (χ0) is 21.3. The van der Waals surface area contributed by atoms with E-state index in [4.69, 9.17) is 23.7 Å². The van der Waals surface area contributed by atoms with Crippen LogP contribution in [0.3, 0.4) is 0 Å². The van der Waals surface area contributed by atoms with Crippen LogP contribution in [0.5, 0.6) is 23.0 Å². The number of carboxylic acids is 1. The summed E-state index contributed by atoms with van der Waals surface area (Å²) < 4.78 is 26.9. The average Bonchev–Trinajstić information content (AvgIpc) is 3.40. The van der Waals surface area contributed by atoms with Crippen LogP contribution in [0, 0.1) is 3.57 Å². The van der Waals surface area contributed by atoms with Gasteiger partial charge in [0.05, 0.1) is 21.8 Å². The van der Waals surface area contributed by atoms with Gasteiger partial charge in [0.25, 0.3) is 0 Å². The molecule has 0 fully saturated rings. The summed E-state index contributed by atoms with van der Waals surface area (Å²) >= 11 is 2.06. The van der Waals surface area contributed by atoms with Crippen molar-refractivity contribution in [3.05, 3.63) is 56.2 Å². The molecule has 2 heterocycles. The van der Waals surface area contributed by atoms with E-state index in [-0.39, 0.29) is 24.7 Å². The van der Waals surface area contributed by atoms with Gasteiger partial charge in [-0.3, -0.25) is 0 Å². The highest BCUT2D eigenvalue weighted by Crippen LogP contribution is 2.39. The Balaban J connectivity index is 1.81. The van der Waals surface area contributed by atoms with E-state index in [1.165, 1.54) is 19.3 Å². The first-order valence-corrected chi connectivity index (χ1v) is 9.79. The Morgan fingerprint density at radius 2 is 1.67 bits per heavy atom. The maximum absolute atomic E-state index is 12.5. The molecule has 154 valence electrons. The molecule has 4 rings (SSSR count). The molecule has 0 aromatic heterocycles. The van der Waals surface area contributed by atoms with Crippen molar-refractivity contribution in [2.75, 3.05) is 20.7 Å². The number of aliphatic carboxylic acids is 1. The summed E-state index contributed by atoms with van der Waals surface area (Å²) in [6.45, 7) is 0.205. The minimum absolute atomic E-state index is 0.101. The van der Waals surface area contributed by atoms with Gasteiger partial charge in [-0.1, -0.05) is 6.07 Å². The standard InChI is InChI=1S/C21H15IO8/c1-26-21(25)14(8-12-3-5-16-19(18(12)22)30-10-28-16)13(20(23)24)6-11-2-4-15-17(7-11)29-9-27-15/h2-8H,9-10H2,1H3,(H,23,24)/b13-6+,14-8+. The predicted molar refractivity (Wildman–Crippen MR) is 113 cm³/mol. The third-order valence-electron chi connectivity index (χ3n) is 4.44. The number of ether oxygens (including phenoxy) is 5. The topological polar surface area (TPSA) is 101 Å². The maximum atomic E-state index is 12.5. The number of fused-ring (bicyclic) bond motifs is 2. The van der Waals surface area contributed by atoms with Gasteiger partial charge in [-0.2, -0.15) is 0 Å². The number of halogens is 1. The molecule has 0 saturated heterocycles. The second-order valence-corrected chi connectivity index (χ2v) is 7.31. The summed E-state index contributed by atoms with van der Waals surface area (Å²) in [5, 5.41) is 9.83. The van der Waals surface area contributed by atoms with Crippen LogP contribution >= 0.6 is 22.6 Å². The van der Waals surface area contributed by atoms with Crippen LogP contribution in [0.1, 0.15) is 11.1 Å². The number of methoxy groups -OCH3 is 1. The zero-order valence-corrected chi connectivity index (χ0v) is 17.8. The smallest absolute Gasteiger partial charge is 0.338 e. The molecule has 2 aromatic rings. The molecule has 2 aromatic carbocycles. The van der Waals surface area contributed by atoms with Gasteiger partial charge in [-0.15, -0.1) is 0 Å². The van der Waals surface area contributed by atoms with Crippen LogP contribution in [0.25, 0.3) is 12.2 Å². The minimum atomic E-state index is -1.28. The second kappa shape index (κ2) is 8.27. The van der Waals surface area contributed by atoms with Crippen molar-refractivity contribution >= 4 is 46.7 Å². The highest BCUT2D eigenvalue weighted by molar-refractivity contribution is 14.1. The van der Waals surface area contributed by atoms with E-state index in [0.717, 1.165) is 0 Å². The molecule has 0 amide bonds. The Hall–Kier alpha value is -3.21. The van der Waals surface area contributed by atoms with Crippen LogP contribution in [0.4, 0.5) is 0 Å². The lowest BCUT2D eigenvalue weighted by Crippen LogP contribution is -2.13. The van der Waals surface area contributed by atoms with Crippen molar-refractivity contribution in [2.24, 2.45) is 0 Å². The molecule has 0 bridgehead atoms. The Labute approximate surface area is 184 Å². The Kier molecular flexibility index (Phi) is 5.53. The van der Waals surface area contributed by atoms with Crippen molar-refractivity contribution in [1.29, 1.82) is 0 Å². The van der Waals surface area contributed by atoms with Crippen molar-refractivity contribution in [1.82, 2.24) is 0 Å². The fourth-order valence-electron chi connectivity index (χ4n) is 3.00. The van der Waals surface area contributed by atoms with Gasteiger partial charge < -0.3 is 28.8 Å². The van der Waals surface area contributed by atoms with Gasteiger partial charge in [0.1, 0.15) is 0 Å². The first-order chi connectivity index (χ1) is 14.5. The first-order valence-electron chi connectivity index (χ1n) is 8.71. The number of carbonyl (C=O) groups is 2. The highest BCUT2D eigenvalue weighted by Gasteiger charge is 2.24. The van der Waals surface area contributed by atoms with Crippen LogP contribution < -0.4 is 18.9 Å². The summed E-state index contributed by atoms with van der Waals surface area (Å²) in [5.74, 6) is 0.152. The lowest BCUT2D eigenvalue weighted by molar-refractivity contribution is -0.138. The Morgan fingerprint density at radius 1 is 0.967 bits per heavy atom. The molecule has 0 atom stereocenters. The monoisotopic (exact) mass is 522 g/mol. The quantitative estimate of drug-likeness (QED) is 0.276. The SMILES string of the molecule is COC(=O)C(=C/c1ccc2c(c1I)OCO2)/C(=C\c1ccc2c(c1)OCO2)C(=O)O. The van der Waals surface area contributed by atoms with E-state index in [9.17, 15) is 14.7 Å². The number of hydrogen-bond donors (Lipinski definition) is 1. The van der Waals surface area contributed by atoms with Gasteiger partial charge in [0, 0.05) is 0 Å². The van der Waals surface area contributed by atoms with Gasteiger partial charge in [0.2, 0.25) is 13.6 Å². The van der Waals surface area contributed by atoms with E-state index < -0.39 is 11.9 Å². The zero-order valence-electron chi connectivity index (χ0n) is 15.6. The second-order valence-electron chi connectivity index (χ2n) is 6.23. The summed E-state index contributed by atoms with van der Waals surface area (Å²) in [6, 6.07) is 8.42. The number of rotatable bonds is 5. The molecule has 2 aliphatic heterocycles. The molecule has 8 nitrogen and oxygen atoms in total. The fraction of sp³-hybridized carbons (Fsp3) is 0.143. The normalized spacial score (nSPS) is 14.6. The van der Waals surface area contributed by atoms with Crippen LogP contribution in [0.2, 0.25) is 0 Å². The van der Waals surface area contributed by atoms with Crippen LogP contribution in [0.15, 0.2) is 41.5 Å². The van der Waals surface area contributed by atoms with Crippen molar-refractivity contribution in [3.8, 4) is 23.0 Å². The van der Waals surface area contributed by atoms with E-state index >= 15 is 0 Å². The van der Waals surface area contributed by atoms with Gasteiger partial charge in [0.15, 0.2) is 23.0 Å². The van der Waals surface area contributed by atoms with Gasteiger partial charge >= 0.3 is 11.9 Å². The van der Waals surface area contributed by atoms with E-state index in [1.54, 1.807) is 30.3 Å². The lowest BCUT2D eigenvalue weighted by atomic mass is 10.00. The van der Waals surface area contributed by atoms with Crippen molar-refractivity contribution < 1.29 is 38.4 Å². The number of benzene rings is 2. The highest BCUT2D eigenvalue weighted by atomic mass is 127. The van der Waals surface area contributed by atoms with Crippen LogP contribution in [-0.2, 0) is 14.3 Å². The number of hydrogen-bond acceptors (Lipinski definition) is 7. The number of esters is 1. The molecular weight excluding hydrogens is 507 g/mol. The van der Waals surface area contributed by atoms with Crippen molar-refractivity contribution in [3.63, 3.8) is 0 Å². The van der Waals surface area contributed by atoms with Crippen LogP contribution in [-0.4, -0.2) is 37.7 Å². The average molecular weight is 522 g/mol. The first kappa shape index (κ1) is 20.1. The third kappa shape index (κ3) is 3.80. The lowest BCUT2D eigenvalue weighted by Gasteiger charge is -2.09. The predicted octanol–water partition coefficient (Wildman–Crippen LogP) is 3.47. The molecule has 0 radical (unpaired) electrons. The molecule has 0 saturated carbocycles. The third-order valence-corrected chi connectivity index (χ3v) is 5.55. The Bertz CT molecular complexity index is 1100. The van der Waals surface area contributed by atoms with E-state index in [2.05, 4.69) is 22.6 Å². The molecular formula is C21H15IO8. The summed E-state index contributed by atoms with van der Waals surface area (Å²) in [5.41, 5.74) is 0.790. The molecule has 30 heavy (non-hydrogen) atoms. The summed E-state index contributed by atoms with van der Waals surface area (Å²) in [6.07, 6.45) is 2.84. The summed E-state index contributed by atoms with van der Waals surface area (Å²) in [4.78, 5) is 24.5. The number of carboxylic acid groups (broad SMARTS) is 1. The van der Waals surface area contributed by atoms with Gasteiger partial charge in [-0.25, -0.2) is 9.59 Å². The molecule has 0 spiro atoms. The number of carbonyl (C=O) groups excluding carboxylic acids is 1. The summed E-state index contributed by atoms with van der Waals surface area (Å²) in [7, 11) is 1.20. The molecule has 1 N–H and O–H groups in total. The molecule has 0 unspecified atom stereocenters. The minimum Gasteiger partial charge on any atom is -0.478 e. The van der Waals surface area contributed by atoms with Crippen molar-refractivity contribution in [2.45, 2.75) is 0 Å². The molecule has 0 aliphatic carbocycles. The molecule has 2 aliphatic rings. The maximum Gasteiger partial charge on any atom is 0.338 e. The molecule has 9 heteroatoms. The fourth-order valence-corrected chi connectivity index (χ4v) is 3.76. The van der Waals surface area contributed by atoms with E-state index in [1.807, 2.05) is 0 Å². The largest absolute Gasteiger partial charge is 0.478 e. The van der Waals surface area contributed by atoms with Gasteiger partial charge in [-0.05, 0) is 70.1 Å². The Morgan fingerprint density at radius 3 is 2.43 bits per heavy atom.